The van der Waals surface area contributed by atoms with E-state index in [2.05, 4.69) is 10.6 Å². The van der Waals surface area contributed by atoms with E-state index < -0.39 is 4.92 Å². The van der Waals surface area contributed by atoms with Crippen molar-refractivity contribution in [2.45, 2.75) is 0 Å². The third kappa shape index (κ3) is 3.95. The van der Waals surface area contributed by atoms with E-state index in [-0.39, 0.29) is 18.1 Å². The first-order chi connectivity index (χ1) is 10.6. The van der Waals surface area contributed by atoms with Crippen molar-refractivity contribution in [3.05, 3.63) is 58.6 Å². The monoisotopic (exact) mass is 301 g/mol. The normalized spacial score (nSPS) is 9.86. The predicted octanol–water partition coefficient (Wildman–Crippen LogP) is 2.65. The Morgan fingerprint density at radius 2 is 1.86 bits per heavy atom. The molecule has 2 aromatic rings. The minimum atomic E-state index is -0.496. The summed E-state index contributed by atoms with van der Waals surface area (Å²) in [7, 11) is 1.56. The van der Waals surface area contributed by atoms with Gasteiger partial charge in [0.15, 0.2) is 0 Å². The number of ether oxygens (including phenoxy) is 1. The summed E-state index contributed by atoms with van der Waals surface area (Å²) in [5.74, 6) is 0.388. The number of hydrogen-bond acceptors (Lipinski definition) is 5. The van der Waals surface area contributed by atoms with Gasteiger partial charge in [-0.2, -0.15) is 0 Å². The van der Waals surface area contributed by atoms with Crippen molar-refractivity contribution >= 4 is 23.0 Å². The van der Waals surface area contributed by atoms with Gasteiger partial charge in [-0.1, -0.05) is 12.1 Å². The van der Waals surface area contributed by atoms with Gasteiger partial charge >= 0.3 is 0 Å². The third-order valence-corrected chi connectivity index (χ3v) is 2.91. The first kappa shape index (κ1) is 15.3. The van der Waals surface area contributed by atoms with Crippen molar-refractivity contribution in [3.8, 4) is 5.75 Å². The fourth-order valence-electron chi connectivity index (χ4n) is 1.84. The topological polar surface area (TPSA) is 93.5 Å². The summed E-state index contributed by atoms with van der Waals surface area (Å²) in [5.41, 5.74) is 0.854. The summed E-state index contributed by atoms with van der Waals surface area (Å²) >= 11 is 0. The number of anilines is 2. The molecule has 0 aliphatic carbocycles. The van der Waals surface area contributed by atoms with Crippen LogP contribution in [0.2, 0.25) is 0 Å². The van der Waals surface area contributed by atoms with Crippen molar-refractivity contribution in [2.24, 2.45) is 0 Å². The number of nitrogens with one attached hydrogen (secondary N) is 2. The summed E-state index contributed by atoms with van der Waals surface area (Å²) < 4.78 is 5.03. The zero-order valence-corrected chi connectivity index (χ0v) is 11.9. The van der Waals surface area contributed by atoms with Gasteiger partial charge in [0.25, 0.3) is 5.69 Å². The molecule has 114 valence electrons. The van der Waals surface area contributed by atoms with E-state index in [1.54, 1.807) is 49.6 Å². The highest BCUT2D eigenvalue weighted by atomic mass is 16.6. The van der Waals surface area contributed by atoms with Gasteiger partial charge in [0.05, 0.1) is 18.6 Å². The molecule has 0 spiro atoms. The molecule has 22 heavy (non-hydrogen) atoms. The SMILES string of the molecule is COc1ccc(NC(=O)CNc2ccccc2[N+](=O)[O-])cc1. The van der Waals surface area contributed by atoms with Gasteiger partial charge in [0, 0.05) is 11.8 Å². The minimum Gasteiger partial charge on any atom is -0.497 e. The maximum atomic E-state index is 11.8. The summed E-state index contributed by atoms with van der Waals surface area (Å²) in [5, 5.41) is 16.3. The lowest BCUT2D eigenvalue weighted by atomic mass is 10.2. The molecular weight excluding hydrogens is 286 g/mol. The number of methoxy groups -OCH3 is 1. The molecule has 0 bridgehead atoms. The number of carbonyl (C=O) groups excluding carboxylic acids is 1. The maximum Gasteiger partial charge on any atom is 0.292 e. The molecule has 7 heteroatoms. The lowest BCUT2D eigenvalue weighted by Crippen LogP contribution is -2.22. The molecule has 0 aliphatic heterocycles. The van der Waals surface area contributed by atoms with Gasteiger partial charge in [0.2, 0.25) is 5.91 Å². The van der Waals surface area contributed by atoms with Gasteiger partial charge in [-0.15, -0.1) is 0 Å². The summed E-state index contributed by atoms with van der Waals surface area (Å²) in [6.07, 6.45) is 0. The van der Waals surface area contributed by atoms with Crippen LogP contribution >= 0.6 is 0 Å². The van der Waals surface area contributed by atoms with E-state index in [9.17, 15) is 14.9 Å². The van der Waals surface area contributed by atoms with Crippen LogP contribution in [0.1, 0.15) is 0 Å². The molecule has 2 rings (SSSR count). The van der Waals surface area contributed by atoms with Crippen LogP contribution in [0.15, 0.2) is 48.5 Å². The molecule has 0 atom stereocenters. The molecule has 0 fully saturated rings. The van der Waals surface area contributed by atoms with E-state index in [0.717, 1.165) is 0 Å². The van der Waals surface area contributed by atoms with E-state index in [0.29, 0.717) is 17.1 Å². The molecule has 0 saturated carbocycles. The van der Waals surface area contributed by atoms with E-state index in [1.165, 1.54) is 6.07 Å². The Kier molecular flexibility index (Phi) is 4.92. The van der Waals surface area contributed by atoms with Crippen LogP contribution in [0.4, 0.5) is 17.1 Å². The van der Waals surface area contributed by atoms with E-state index >= 15 is 0 Å². The zero-order chi connectivity index (χ0) is 15.9. The van der Waals surface area contributed by atoms with Crippen LogP contribution in [0.25, 0.3) is 0 Å². The highest BCUT2D eigenvalue weighted by Crippen LogP contribution is 2.22. The predicted molar refractivity (Wildman–Crippen MR) is 83.2 cm³/mol. The summed E-state index contributed by atoms with van der Waals surface area (Å²) in [4.78, 5) is 22.2. The lowest BCUT2D eigenvalue weighted by molar-refractivity contribution is -0.383. The fraction of sp³-hybridized carbons (Fsp3) is 0.133. The van der Waals surface area contributed by atoms with Crippen LogP contribution in [0.3, 0.4) is 0 Å². The fourth-order valence-corrected chi connectivity index (χ4v) is 1.84. The Morgan fingerprint density at radius 1 is 1.18 bits per heavy atom. The van der Waals surface area contributed by atoms with E-state index in [1.807, 2.05) is 0 Å². The third-order valence-electron chi connectivity index (χ3n) is 2.91. The quantitative estimate of drug-likeness (QED) is 0.632. The average molecular weight is 301 g/mol. The molecule has 0 heterocycles. The number of carbonyl (C=O) groups is 1. The maximum absolute atomic E-state index is 11.8. The number of nitro benzene ring substituents is 1. The Hall–Kier alpha value is -3.09. The van der Waals surface area contributed by atoms with Gasteiger partial charge in [-0.3, -0.25) is 14.9 Å². The number of para-hydroxylation sites is 2. The Bertz CT molecular complexity index is 671. The molecule has 0 aliphatic rings. The second-order valence-electron chi connectivity index (χ2n) is 4.40. The van der Waals surface area contributed by atoms with Crippen LogP contribution in [0, 0.1) is 10.1 Å². The Labute approximate surface area is 127 Å². The van der Waals surface area contributed by atoms with Crippen LogP contribution < -0.4 is 15.4 Å². The van der Waals surface area contributed by atoms with Crippen LogP contribution in [-0.2, 0) is 4.79 Å². The molecule has 0 aromatic heterocycles. The molecule has 7 nitrogen and oxygen atoms in total. The molecule has 0 unspecified atom stereocenters. The number of nitro groups is 1. The van der Waals surface area contributed by atoms with Crippen molar-refractivity contribution in [2.75, 3.05) is 24.3 Å². The van der Waals surface area contributed by atoms with Crippen molar-refractivity contribution < 1.29 is 14.5 Å². The average Bonchev–Trinajstić information content (AvgIpc) is 2.54. The van der Waals surface area contributed by atoms with Gasteiger partial charge in [-0.05, 0) is 30.3 Å². The number of rotatable bonds is 6. The number of benzene rings is 2. The highest BCUT2D eigenvalue weighted by Gasteiger charge is 2.12. The largest absolute Gasteiger partial charge is 0.497 e. The van der Waals surface area contributed by atoms with Gasteiger partial charge < -0.3 is 15.4 Å². The molecule has 0 saturated heterocycles. The Morgan fingerprint density at radius 3 is 2.50 bits per heavy atom. The highest BCUT2D eigenvalue weighted by molar-refractivity contribution is 5.94. The first-order valence-electron chi connectivity index (χ1n) is 6.51. The minimum absolute atomic E-state index is 0.0697. The Balaban J connectivity index is 1.94. The second kappa shape index (κ2) is 7.07. The first-order valence-corrected chi connectivity index (χ1v) is 6.51. The van der Waals surface area contributed by atoms with Gasteiger partial charge in [-0.25, -0.2) is 0 Å². The van der Waals surface area contributed by atoms with Crippen LogP contribution in [-0.4, -0.2) is 24.5 Å². The molecule has 0 radical (unpaired) electrons. The number of hydrogen-bond donors (Lipinski definition) is 2. The van der Waals surface area contributed by atoms with Crippen LogP contribution in [0.5, 0.6) is 5.75 Å². The molecule has 2 N–H and O–H groups in total. The molecular formula is C15H15N3O4. The standard InChI is InChI=1S/C15H15N3O4/c1-22-12-8-6-11(7-9-12)17-15(19)10-16-13-4-2-3-5-14(13)18(20)21/h2-9,16H,10H2,1H3,(H,17,19). The number of amides is 1. The molecule has 1 amide bonds. The van der Waals surface area contributed by atoms with Crippen molar-refractivity contribution in [1.82, 2.24) is 0 Å². The summed E-state index contributed by atoms with van der Waals surface area (Å²) in [6.45, 7) is -0.0725. The van der Waals surface area contributed by atoms with E-state index in [4.69, 9.17) is 4.74 Å². The second-order valence-corrected chi connectivity index (χ2v) is 4.40. The lowest BCUT2D eigenvalue weighted by Gasteiger charge is -2.08. The zero-order valence-electron chi connectivity index (χ0n) is 11.9. The van der Waals surface area contributed by atoms with Crippen molar-refractivity contribution in [1.29, 1.82) is 0 Å². The molecule has 2 aromatic carbocycles. The van der Waals surface area contributed by atoms with Gasteiger partial charge in [0.1, 0.15) is 11.4 Å². The van der Waals surface area contributed by atoms with Crippen molar-refractivity contribution in [3.63, 3.8) is 0 Å². The smallest absolute Gasteiger partial charge is 0.292 e. The summed E-state index contributed by atoms with van der Waals surface area (Å²) in [6, 6.07) is 13.0. The number of nitrogens with zero attached hydrogens (tertiary/aromatic N) is 1.